The average molecular weight is 493 g/mol. The van der Waals surface area contributed by atoms with Crippen molar-refractivity contribution in [2.45, 2.75) is 13.0 Å². The van der Waals surface area contributed by atoms with Gasteiger partial charge in [0, 0.05) is 52.2 Å². The van der Waals surface area contributed by atoms with Crippen molar-refractivity contribution in [1.82, 2.24) is 9.88 Å². The summed E-state index contributed by atoms with van der Waals surface area (Å²) in [5.41, 5.74) is 2.14. The van der Waals surface area contributed by atoms with E-state index in [2.05, 4.69) is 19.9 Å². The van der Waals surface area contributed by atoms with Crippen LogP contribution in [0.15, 0.2) is 36.5 Å². The van der Waals surface area contributed by atoms with E-state index in [1.165, 1.54) is 35.5 Å². The molecule has 3 heterocycles. The van der Waals surface area contributed by atoms with Crippen molar-refractivity contribution in [2.24, 2.45) is 0 Å². The van der Waals surface area contributed by atoms with Gasteiger partial charge in [0.15, 0.2) is 5.82 Å². The lowest BCUT2D eigenvalue weighted by Gasteiger charge is -2.35. The van der Waals surface area contributed by atoms with Gasteiger partial charge in [-0.15, -0.1) is 11.3 Å². The number of likely N-dealkylation sites (N-methyl/N-ethyl adjacent to an activating group) is 1. The fraction of sp³-hybridized carbons (Fsp3) is 0.273. The number of rotatable bonds is 7. The van der Waals surface area contributed by atoms with Crippen LogP contribution in [0.3, 0.4) is 0 Å². The molecule has 3 aromatic rings. The first-order valence-electron chi connectivity index (χ1n) is 9.85. The molecule has 6 nitrogen and oxygen atoms in total. The highest BCUT2D eigenvalue weighted by Crippen LogP contribution is 2.33. The molecule has 1 amide bonds. The maximum atomic E-state index is 14.8. The smallest absolute Gasteiger partial charge is 0.265 e. The maximum Gasteiger partial charge on any atom is 0.265 e. The Bertz CT molecular complexity index is 1150. The molecule has 1 aliphatic heterocycles. The third kappa shape index (κ3) is 5.17. The normalized spacial score (nSPS) is 14.2. The number of amides is 1. The van der Waals surface area contributed by atoms with Gasteiger partial charge in [0.05, 0.1) is 11.1 Å². The van der Waals surface area contributed by atoms with Crippen LogP contribution in [0.1, 0.15) is 14.5 Å². The predicted octanol–water partition coefficient (Wildman–Crippen LogP) is 5.55. The number of aromatic nitrogens is 1. The first kappa shape index (κ1) is 22.8. The van der Waals surface area contributed by atoms with Crippen LogP contribution in [0.5, 0.6) is 5.75 Å². The monoisotopic (exact) mass is 492 g/mol. The molecular formula is C22H22ClFN4O2S2. The summed E-state index contributed by atoms with van der Waals surface area (Å²) in [6.07, 6.45) is 3.48. The number of nitrogens with one attached hydrogen (secondary N) is 2. The zero-order valence-electron chi connectivity index (χ0n) is 17.7. The van der Waals surface area contributed by atoms with Crippen molar-refractivity contribution >= 4 is 52.2 Å². The number of nitrogens with zero attached hydrogens (tertiary/aromatic N) is 2. The van der Waals surface area contributed by atoms with Crippen LogP contribution in [-0.4, -0.2) is 48.3 Å². The molecule has 4 rings (SSSR count). The number of hydrogen-bond acceptors (Lipinski definition) is 7. The number of benzene rings is 1. The van der Waals surface area contributed by atoms with E-state index in [0.717, 1.165) is 23.7 Å². The zero-order valence-corrected chi connectivity index (χ0v) is 20.1. The van der Waals surface area contributed by atoms with Crippen LogP contribution in [0, 0.1) is 12.7 Å². The Labute approximate surface area is 199 Å². The summed E-state index contributed by atoms with van der Waals surface area (Å²) in [5.74, 6) is -0.368. The van der Waals surface area contributed by atoms with Gasteiger partial charge in [-0.2, -0.15) is 0 Å². The minimum atomic E-state index is -0.481. The van der Waals surface area contributed by atoms with Crippen molar-refractivity contribution in [3.8, 4) is 17.0 Å². The Balaban J connectivity index is 1.51. The van der Waals surface area contributed by atoms with E-state index in [1.807, 2.05) is 20.2 Å². The lowest BCUT2D eigenvalue weighted by atomic mass is 10.1. The largest absolute Gasteiger partial charge is 0.486 e. The van der Waals surface area contributed by atoms with Gasteiger partial charge in [-0.05, 0) is 38.2 Å². The summed E-state index contributed by atoms with van der Waals surface area (Å²) >= 11 is 8.86. The topological polar surface area (TPSA) is 66.5 Å². The quantitative estimate of drug-likeness (QED) is 0.422. The van der Waals surface area contributed by atoms with Gasteiger partial charge in [-0.1, -0.05) is 23.5 Å². The first-order chi connectivity index (χ1) is 15.3. The average Bonchev–Trinajstić information content (AvgIpc) is 3.08. The van der Waals surface area contributed by atoms with Gasteiger partial charge in [-0.3, -0.25) is 9.69 Å². The summed E-state index contributed by atoms with van der Waals surface area (Å²) < 4.78 is 23.6. The Morgan fingerprint density at radius 1 is 1.28 bits per heavy atom. The number of halogens is 2. The zero-order chi connectivity index (χ0) is 22.8. The number of likely N-dealkylation sites (tertiary alicyclic amines) is 1. The minimum absolute atomic E-state index is 0.0587. The molecular weight excluding hydrogens is 471 g/mol. The molecule has 1 aliphatic rings. The molecule has 0 saturated carbocycles. The summed E-state index contributed by atoms with van der Waals surface area (Å²) in [6, 6.07) is 8.25. The maximum absolute atomic E-state index is 14.8. The molecule has 2 N–H and O–H groups in total. The van der Waals surface area contributed by atoms with Gasteiger partial charge in [-0.25, -0.2) is 9.37 Å². The van der Waals surface area contributed by atoms with Crippen LogP contribution in [0.25, 0.3) is 11.3 Å². The molecule has 0 bridgehead atoms. The SMILES string of the molecule is CSNc1cc(Cl)cc(NC(=O)c2cc(-c3ncc(OC4CN(C)C4)cc3F)c(C)s2)c1. The molecule has 32 heavy (non-hydrogen) atoms. The highest BCUT2D eigenvalue weighted by atomic mass is 35.5. The number of anilines is 2. The number of carbonyl (C=O) groups is 1. The van der Waals surface area contributed by atoms with Crippen molar-refractivity contribution in [3.05, 3.63) is 57.1 Å². The number of thiophene rings is 1. The summed E-state index contributed by atoms with van der Waals surface area (Å²) in [6.45, 7) is 3.46. The second-order valence-corrected chi connectivity index (χ2v) is 9.84. The number of carbonyl (C=O) groups excluding carboxylic acids is 1. The van der Waals surface area contributed by atoms with Crippen molar-refractivity contribution in [2.75, 3.05) is 36.4 Å². The summed E-state index contributed by atoms with van der Waals surface area (Å²) in [4.78, 5) is 20.5. The van der Waals surface area contributed by atoms with Crippen LogP contribution in [-0.2, 0) is 0 Å². The van der Waals surface area contributed by atoms with E-state index in [9.17, 15) is 9.18 Å². The van der Waals surface area contributed by atoms with E-state index in [4.69, 9.17) is 16.3 Å². The molecule has 1 saturated heterocycles. The van der Waals surface area contributed by atoms with Crippen molar-refractivity contribution < 1.29 is 13.9 Å². The Kier molecular flexibility index (Phi) is 6.90. The van der Waals surface area contributed by atoms with Gasteiger partial charge in [0.25, 0.3) is 5.91 Å². The molecule has 2 aromatic heterocycles. The number of pyridine rings is 1. The number of aryl methyl sites for hydroxylation is 1. The lowest BCUT2D eigenvalue weighted by Crippen LogP contribution is -2.51. The standard InChI is InChI=1S/C22H22ClFN4O2S2/c1-12-18(21-19(24)7-16(9-25-21)30-17-10-28(2)11-17)8-20(32-12)22(29)26-14-4-13(23)5-15(6-14)27-31-3/h4-9,17,27H,10-11H2,1-3H3,(H,26,29). The molecule has 0 radical (unpaired) electrons. The van der Waals surface area contributed by atoms with E-state index in [1.54, 1.807) is 24.3 Å². The summed E-state index contributed by atoms with van der Waals surface area (Å²) in [5, 5.41) is 3.36. The predicted molar refractivity (Wildman–Crippen MR) is 131 cm³/mol. The Morgan fingerprint density at radius 3 is 2.72 bits per heavy atom. The highest BCUT2D eigenvalue weighted by molar-refractivity contribution is 7.99. The number of ether oxygens (including phenoxy) is 1. The fourth-order valence-electron chi connectivity index (χ4n) is 3.45. The molecule has 0 spiro atoms. The molecule has 0 atom stereocenters. The van der Waals surface area contributed by atoms with Crippen molar-refractivity contribution in [3.63, 3.8) is 0 Å². The van der Waals surface area contributed by atoms with E-state index in [-0.39, 0.29) is 17.7 Å². The molecule has 0 aliphatic carbocycles. The van der Waals surface area contributed by atoms with Crippen LogP contribution in [0.2, 0.25) is 5.02 Å². The van der Waals surface area contributed by atoms with Crippen LogP contribution >= 0.6 is 34.9 Å². The van der Waals surface area contributed by atoms with Crippen molar-refractivity contribution in [1.29, 1.82) is 0 Å². The Morgan fingerprint density at radius 2 is 2.03 bits per heavy atom. The number of hydrogen-bond donors (Lipinski definition) is 2. The lowest BCUT2D eigenvalue weighted by molar-refractivity contribution is 0.0384. The molecule has 0 unspecified atom stereocenters. The van der Waals surface area contributed by atoms with Gasteiger partial charge in [0.1, 0.15) is 17.5 Å². The fourth-order valence-corrected chi connectivity index (χ4v) is 4.96. The molecule has 10 heteroatoms. The first-order valence-corrected chi connectivity index (χ1v) is 12.3. The summed E-state index contributed by atoms with van der Waals surface area (Å²) in [7, 11) is 2.00. The molecule has 1 fully saturated rings. The van der Waals surface area contributed by atoms with Gasteiger partial charge in [0.2, 0.25) is 0 Å². The minimum Gasteiger partial charge on any atom is -0.486 e. The second kappa shape index (κ2) is 9.66. The third-order valence-corrected chi connectivity index (χ3v) is 6.63. The van der Waals surface area contributed by atoms with E-state index < -0.39 is 5.82 Å². The molecule has 168 valence electrons. The molecule has 1 aromatic carbocycles. The highest BCUT2D eigenvalue weighted by Gasteiger charge is 2.25. The van der Waals surface area contributed by atoms with E-state index >= 15 is 0 Å². The van der Waals surface area contributed by atoms with Crippen LogP contribution in [0.4, 0.5) is 15.8 Å². The van der Waals surface area contributed by atoms with E-state index in [0.29, 0.717) is 26.9 Å². The van der Waals surface area contributed by atoms with Crippen LogP contribution < -0.4 is 14.8 Å². The van der Waals surface area contributed by atoms with Gasteiger partial charge >= 0.3 is 0 Å². The van der Waals surface area contributed by atoms with Gasteiger partial charge < -0.3 is 14.8 Å². The Hall–Kier alpha value is -2.33. The second-order valence-electron chi connectivity index (χ2n) is 7.53. The third-order valence-electron chi connectivity index (χ3n) is 4.92.